The van der Waals surface area contributed by atoms with Crippen molar-refractivity contribution >= 4 is 5.97 Å². The summed E-state index contributed by atoms with van der Waals surface area (Å²) in [5.41, 5.74) is 2.57. The molecule has 0 amide bonds. The highest BCUT2D eigenvalue weighted by Gasteiger charge is 2.26. The molecule has 0 radical (unpaired) electrons. The van der Waals surface area contributed by atoms with Gasteiger partial charge >= 0.3 is 5.97 Å². The maximum atomic E-state index is 11.7. The van der Waals surface area contributed by atoms with Gasteiger partial charge in [-0.05, 0) is 49.6 Å². The Balaban J connectivity index is 2.09. The molecule has 21 heavy (non-hydrogen) atoms. The number of unbranched alkanes of at least 4 members (excludes halogenated alkanes) is 1. The molecule has 1 atom stereocenters. The Labute approximate surface area is 127 Å². The lowest BCUT2D eigenvalue weighted by molar-refractivity contribution is -0.134. The van der Waals surface area contributed by atoms with Gasteiger partial charge in [-0.3, -0.25) is 9.69 Å². The number of terminal acetylenes is 1. The van der Waals surface area contributed by atoms with Gasteiger partial charge in [-0.2, -0.15) is 0 Å². The van der Waals surface area contributed by atoms with Crippen LogP contribution in [-0.4, -0.2) is 24.5 Å². The first-order chi connectivity index (χ1) is 10.2. The number of nitrogens with zero attached hydrogens (tertiary/aromatic N) is 1. The molecule has 112 valence electrons. The van der Waals surface area contributed by atoms with Crippen LogP contribution in [0.1, 0.15) is 49.8 Å². The summed E-state index contributed by atoms with van der Waals surface area (Å²) in [5, 5.41) is 0. The van der Waals surface area contributed by atoms with Crippen LogP contribution in [0.15, 0.2) is 18.2 Å². The van der Waals surface area contributed by atoms with Crippen LogP contribution in [0.3, 0.4) is 0 Å². The summed E-state index contributed by atoms with van der Waals surface area (Å²) < 4.78 is 5.43. The van der Waals surface area contributed by atoms with Crippen LogP contribution in [0.2, 0.25) is 0 Å². The number of carbonyl (C=O) groups is 1. The van der Waals surface area contributed by atoms with Crippen molar-refractivity contribution in [3.05, 3.63) is 29.3 Å². The second kappa shape index (κ2) is 7.28. The minimum absolute atomic E-state index is 0.150. The summed E-state index contributed by atoms with van der Waals surface area (Å²) in [4.78, 5) is 13.9. The SMILES string of the molecule is C#CCN(C)[C@@H]1CCc2ccc(OC(=O)CCCC)cc21. The normalized spacial score (nSPS) is 16.6. The third-order valence-corrected chi connectivity index (χ3v) is 4.00. The molecule has 0 unspecified atom stereocenters. The highest BCUT2D eigenvalue weighted by molar-refractivity contribution is 5.72. The first-order valence-corrected chi connectivity index (χ1v) is 7.63. The molecule has 1 aromatic rings. The van der Waals surface area contributed by atoms with E-state index in [9.17, 15) is 4.79 Å². The summed E-state index contributed by atoms with van der Waals surface area (Å²) in [5.74, 6) is 3.18. The van der Waals surface area contributed by atoms with Gasteiger partial charge in [0.2, 0.25) is 0 Å². The Bertz CT molecular complexity index is 545. The van der Waals surface area contributed by atoms with Gasteiger partial charge in [0.05, 0.1) is 6.54 Å². The van der Waals surface area contributed by atoms with Gasteiger partial charge in [-0.15, -0.1) is 6.42 Å². The molecule has 0 heterocycles. The molecular formula is C18H23NO2. The number of fused-ring (bicyclic) bond motifs is 1. The minimum Gasteiger partial charge on any atom is -0.427 e. The molecule has 0 saturated carbocycles. The highest BCUT2D eigenvalue weighted by atomic mass is 16.5. The second-order valence-electron chi connectivity index (χ2n) is 5.61. The molecule has 1 aliphatic rings. The summed E-state index contributed by atoms with van der Waals surface area (Å²) in [6, 6.07) is 6.29. The predicted octanol–water partition coefficient (Wildman–Crippen LogP) is 3.33. The molecule has 0 bridgehead atoms. The Hall–Kier alpha value is -1.79. The van der Waals surface area contributed by atoms with Gasteiger partial charge in [0, 0.05) is 12.5 Å². The van der Waals surface area contributed by atoms with Crippen molar-refractivity contribution in [3.63, 3.8) is 0 Å². The summed E-state index contributed by atoms with van der Waals surface area (Å²) >= 11 is 0. The average Bonchev–Trinajstić information content (AvgIpc) is 2.88. The van der Waals surface area contributed by atoms with E-state index in [0.29, 0.717) is 24.8 Å². The number of hydrogen-bond donors (Lipinski definition) is 0. The molecule has 1 aliphatic carbocycles. The fourth-order valence-corrected chi connectivity index (χ4v) is 2.84. The molecule has 0 fully saturated rings. The third-order valence-electron chi connectivity index (χ3n) is 4.00. The molecular weight excluding hydrogens is 262 g/mol. The van der Waals surface area contributed by atoms with E-state index in [-0.39, 0.29) is 5.97 Å². The topological polar surface area (TPSA) is 29.5 Å². The lowest BCUT2D eigenvalue weighted by Gasteiger charge is -2.23. The van der Waals surface area contributed by atoms with Gasteiger partial charge in [0.1, 0.15) is 5.75 Å². The van der Waals surface area contributed by atoms with Crippen LogP contribution in [-0.2, 0) is 11.2 Å². The van der Waals surface area contributed by atoms with E-state index in [4.69, 9.17) is 11.2 Å². The van der Waals surface area contributed by atoms with Crippen molar-refractivity contribution < 1.29 is 9.53 Å². The molecule has 3 heteroatoms. The zero-order valence-corrected chi connectivity index (χ0v) is 12.9. The summed E-state index contributed by atoms with van der Waals surface area (Å²) in [7, 11) is 2.04. The van der Waals surface area contributed by atoms with Crippen LogP contribution >= 0.6 is 0 Å². The molecule has 0 N–H and O–H groups in total. The van der Waals surface area contributed by atoms with E-state index in [1.54, 1.807) is 0 Å². The van der Waals surface area contributed by atoms with Gasteiger partial charge in [-0.25, -0.2) is 0 Å². The van der Waals surface area contributed by atoms with Crippen molar-refractivity contribution in [2.45, 2.75) is 45.1 Å². The molecule has 0 aliphatic heterocycles. The van der Waals surface area contributed by atoms with E-state index in [1.165, 1.54) is 11.1 Å². The number of hydrogen-bond acceptors (Lipinski definition) is 3. The van der Waals surface area contributed by atoms with E-state index in [0.717, 1.165) is 25.7 Å². The average molecular weight is 285 g/mol. The van der Waals surface area contributed by atoms with E-state index in [2.05, 4.69) is 23.8 Å². The lowest BCUT2D eigenvalue weighted by Crippen LogP contribution is -2.23. The maximum absolute atomic E-state index is 11.7. The van der Waals surface area contributed by atoms with Crippen molar-refractivity contribution in [2.75, 3.05) is 13.6 Å². The van der Waals surface area contributed by atoms with Crippen molar-refractivity contribution in [2.24, 2.45) is 0 Å². The molecule has 0 spiro atoms. The second-order valence-corrected chi connectivity index (χ2v) is 5.61. The van der Waals surface area contributed by atoms with Crippen LogP contribution < -0.4 is 4.74 Å². The van der Waals surface area contributed by atoms with Gasteiger partial charge in [0.15, 0.2) is 0 Å². The zero-order chi connectivity index (χ0) is 15.2. The van der Waals surface area contributed by atoms with Gasteiger partial charge in [0.25, 0.3) is 0 Å². The number of carbonyl (C=O) groups excluding carboxylic acids is 1. The van der Waals surface area contributed by atoms with Crippen LogP contribution in [0.5, 0.6) is 5.75 Å². The fraction of sp³-hybridized carbons (Fsp3) is 0.500. The largest absolute Gasteiger partial charge is 0.427 e. The number of esters is 1. The number of benzene rings is 1. The smallest absolute Gasteiger partial charge is 0.311 e. The lowest BCUT2D eigenvalue weighted by atomic mass is 10.1. The van der Waals surface area contributed by atoms with Gasteiger partial charge < -0.3 is 4.74 Å². The summed E-state index contributed by atoms with van der Waals surface area (Å²) in [6.07, 6.45) is 9.87. The summed E-state index contributed by atoms with van der Waals surface area (Å²) in [6.45, 7) is 2.69. The maximum Gasteiger partial charge on any atom is 0.311 e. The van der Waals surface area contributed by atoms with E-state index < -0.39 is 0 Å². The van der Waals surface area contributed by atoms with Crippen molar-refractivity contribution in [1.82, 2.24) is 4.90 Å². The van der Waals surface area contributed by atoms with Crippen LogP contribution in [0.4, 0.5) is 0 Å². The first-order valence-electron chi connectivity index (χ1n) is 7.63. The Morgan fingerprint density at radius 1 is 1.52 bits per heavy atom. The van der Waals surface area contributed by atoms with E-state index >= 15 is 0 Å². The Morgan fingerprint density at radius 2 is 2.33 bits per heavy atom. The monoisotopic (exact) mass is 285 g/mol. The van der Waals surface area contributed by atoms with Crippen molar-refractivity contribution in [1.29, 1.82) is 0 Å². The predicted molar refractivity (Wildman–Crippen MR) is 84.1 cm³/mol. The van der Waals surface area contributed by atoms with Crippen LogP contribution in [0.25, 0.3) is 0 Å². The first kappa shape index (κ1) is 15.6. The highest BCUT2D eigenvalue weighted by Crippen LogP contribution is 2.37. The number of rotatable bonds is 6. The quantitative estimate of drug-likeness (QED) is 0.456. The van der Waals surface area contributed by atoms with Crippen LogP contribution in [0, 0.1) is 12.3 Å². The standard InChI is InChI=1S/C18H23NO2/c1-4-6-7-18(20)21-15-10-8-14-9-11-17(16(14)13-15)19(3)12-5-2/h2,8,10,13,17H,4,6-7,9,11-12H2,1,3H3/t17-/m1/s1. The third kappa shape index (κ3) is 3.86. The Morgan fingerprint density at radius 3 is 3.05 bits per heavy atom. The fourth-order valence-electron chi connectivity index (χ4n) is 2.84. The molecule has 1 aromatic carbocycles. The molecule has 3 nitrogen and oxygen atoms in total. The molecule has 2 rings (SSSR count). The van der Waals surface area contributed by atoms with Gasteiger partial charge in [-0.1, -0.05) is 25.3 Å². The van der Waals surface area contributed by atoms with Crippen molar-refractivity contribution in [3.8, 4) is 18.1 Å². The molecule has 0 aromatic heterocycles. The number of aryl methyl sites for hydroxylation is 1. The van der Waals surface area contributed by atoms with E-state index in [1.807, 2.05) is 19.2 Å². The zero-order valence-electron chi connectivity index (χ0n) is 12.9. The molecule has 0 saturated heterocycles. The number of ether oxygens (including phenoxy) is 1. The Kier molecular flexibility index (Phi) is 5.41. The minimum atomic E-state index is -0.150.